The van der Waals surface area contributed by atoms with E-state index in [1.54, 1.807) is 6.07 Å². The minimum absolute atomic E-state index is 0.0159. The van der Waals surface area contributed by atoms with Gasteiger partial charge in [0.15, 0.2) is 0 Å². The van der Waals surface area contributed by atoms with Crippen molar-refractivity contribution in [3.63, 3.8) is 0 Å². The Bertz CT molecular complexity index is 932. The lowest BCUT2D eigenvalue weighted by atomic mass is 9.97. The van der Waals surface area contributed by atoms with Gasteiger partial charge in [0.05, 0.1) is 11.1 Å². The van der Waals surface area contributed by atoms with Crippen molar-refractivity contribution in [1.29, 1.82) is 0 Å². The average Bonchev–Trinajstić information content (AvgIpc) is 3.11. The van der Waals surface area contributed by atoms with Crippen LogP contribution < -0.4 is 5.32 Å². The quantitative estimate of drug-likeness (QED) is 0.664. The van der Waals surface area contributed by atoms with Crippen molar-refractivity contribution in [3.8, 4) is 11.1 Å². The molecule has 1 atom stereocenters. The van der Waals surface area contributed by atoms with E-state index in [4.69, 9.17) is 0 Å². The molecule has 1 aliphatic rings. The topological polar surface area (TPSA) is 46.2 Å². The zero-order valence-electron chi connectivity index (χ0n) is 15.5. The van der Waals surface area contributed by atoms with E-state index in [1.807, 2.05) is 0 Å². The molecule has 9 heteroatoms. The van der Waals surface area contributed by atoms with E-state index in [0.717, 1.165) is 0 Å². The van der Waals surface area contributed by atoms with Gasteiger partial charge in [0, 0.05) is 25.3 Å². The minimum Gasteiger partial charge on any atom is -0.352 e. The fourth-order valence-corrected chi connectivity index (χ4v) is 3.35. The number of hydrogen-bond acceptors (Lipinski definition) is 2. The molecule has 3 rings (SSSR count). The highest BCUT2D eigenvalue weighted by Gasteiger charge is 2.37. The van der Waals surface area contributed by atoms with Crippen molar-refractivity contribution in [1.82, 2.24) is 5.32 Å². The number of hydrogen-bond donors (Lipinski definition) is 1. The fraction of sp³-hybridized carbons (Fsp3) is 0.333. The summed E-state index contributed by atoms with van der Waals surface area (Å²) in [5.74, 6) is -0.690. The van der Waals surface area contributed by atoms with Crippen LogP contribution in [-0.4, -0.2) is 11.7 Å². The summed E-state index contributed by atoms with van der Waals surface area (Å²) in [5, 5.41) is 2.66. The van der Waals surface area contributed by atoms with Crippen molar-refractivity contribution in [2.45, 2.75) is 38.2 Å². The molecule has 0 aliphatic heterocycles. The Morgan fingerprint density at radius 2 is 1.57 bits per heavy atom. The van der Waals surface area contributed by atoms with Gasteiger partial charge in [0.1, 0.15) is 5.78 Å². The molecule has 0 aromatic heterocycles. The molecule has 0 saturated heterocycles. The third kappa shape index (κ3) is 5.20. The van der Waals surface area contributed by atoms with E-state index >= 15 is 0 Å². The number of carbonyl (C=O) groups is 2. The molecule has 0 radical (unpaired) electrons. The van der Waals surface area contributed by atoms with Gasteiger partial charge in [-0.15, -0.1) is 0 Å². The van der Waals surface area contributed by atoms with Crippen LogP contribution in [0.1, 0.15) is 36.0 Å². The highest BCUT2D eigenvalue weighted by atomic mass is 19.4. The Morgan fingerprint density at radius 1 is 0.933 bits per heavy atom. The third-order valence-corrected chi connectivity index (χ3v) is 4.93. The summed E-state index contributed by atoms with van der Waals surface area (Å²) < 4.78 is 78.5. The summed E-state index contributed by atoms with van der Waals surface area (Å²) in [6, 6.07) is 7.32. The first-order valence-electron chi connectivity index (χ1n) is 9.11. The van der Waals surface area contributed by atoms with Crippen LogP contribution in [0, 0.1) is 5.92 Å². The van der Waals surface area contributed by atoms with Gasteiger partial charge in [0.25, 0.3) is 0 Å². The van der Waals surface area contributed by atoms with Gasteiger partial charge in [-0.3, -0.25) is 9.59 Å². The molecule has 1 N–H and O–H groups in total. The molecule has 1 unspecified atom stereocenters. The summed E-state index contributed by atoms with van der Waals surface area (Å²) >= 11 is 0. The number of rotatable bonds is 4. The minimum atomic E-state index is -4.93. The summed E-state index contributed by atoms with van der Waals surface area (Å²) in [4.78, 5) is 23.4. The van der Waals surface area contributed by atoms with Gasteiger partial charge in [-0.1, -0.05) is 18.2 Å². The number of nitrogens with one attached hydrogen (secondary N) is 1. The first kappa shape index (κ1) is 21.9. The second-order valence-electron chi connectivity index (χ2n) is 7.19. The van der Waals surface area contributed by atoms with Gasteiger partial charge in [-0.2, -0.15) is 26.3 Å². The van der Waals surface area contributed by atoms with Crippen LogP contribution >= 0.6 is 0 Å². The molecule has 2 aromatic rings. The average molecular weight is 429 g/mol. The van der Waals surface area contributed by atoms with Gasteiger partial charge < -0.3 is 5.32 Å². The Labute approximate surface area is 168 Å². The first-order valence-corrected chi connectivity index (χ1v) is 9.11. The van der Waals surface area contributed by atoms with Gasteiger partial charge >= 0.3 is 12.4 Å². The van der Waals surface area contributed by atoms with Crippen LogP contribution in [0.4, 0.5) is 26.3 Å². The van der Waals surface area contributed by atoms with Crippen molar-refractivity contribution in [2.24, 2.45) is 5.92 Å². The van der Waals surface area contributed by atoms with E-state index < -0.39 is 29.4 Å². The number of amides is 1. The summed E-state index contributed by atoms with van der Waals surface area (Å²) in [5.41, 5.74) is -2.34. The molecule has 1 saturated carbocycles. The standard InChI is InChI=1S/C21H17F6NO2/c22-20(23,24)16-7-15(8-17(10-16)21(25,26)27)13-3-1-2-12(6-13)11-28-19(30)14-4-5-18(29)9-14/h1-3,6-8,10,14H,4-5,9,11H2,(H,28,30). The number of alkyl halides is 6. The lowest BCUT2D eigenvalue weighted by Crippen LogP contribution is -2.29. The molecule has 0 bridgehead atoms. The summed E-state index contributed by atoms with van der Waals surface area (Å²) in [6.07, 6.45) is -8.86. The summed E-state index contributed by atoms with van der Waals surface area (Å²) in [6.45, 7) is 0.0441. The Balaban J connectivity index is 1.84. The van der Waals surface area contributed by atoms with Gasteiger partial charge in [0.2, 0.25) is 5.91 Å². The van der Waals surface area contributed by atoms with Crippen LogP contribution in [0.15, 0.2) is 42.5 Å². The predicted molar refractivity (Wildman–Crippen MR) is 96.1 cm³/mol. The van der Waals surface area contributed by atoms with Crippen LogP contribution in [0.5, 0.6) is 0 Å². The van der Waals surface area contributed by atoms with Crippen LogP contribution in [0.25, 0.3) is 11.1 Å². The predicted octanol–water partition coefficient (Wildman–Crippen LogP) is 5.38. The van der Waals surface area contributed by atoms with Crippen LogP contribution in [-0.2, 0) is 28.5 Å². The van der Waals surface area contributed by atoms with Crippen molar-refractivity contribution in [2.75, 3.05) is 0 Å². The number of benzene rings is 2. The number of Topliss-reactive ketones (excluding diaryl/α,β-unsaturated/α-hetero) is 1. The largest absolute Gasteiger partial charge is 0.416 e. The Morgan fingerprint density at radius 3 is 2.10 bits per heavy atom. The zero-order chi connectivity index (χ0) is 22.1. The lowest BCUT2D eigenvalue weighted by molar-refractivity contribution is -0.143. The monoisotopic (exact) mass is 429 g/mol. The SMILES string of the molecule is O=C1CCC(C(=O)NCc2cccc(-c3cc(C(F)(F)F)cc(C(F)(F)F)c3)c2)C1. The maximum absolute atomic E-state index is 13.1. The molecular formula is C21H17F6NO2. The van der Waals surface area contributed by atoms with Crippen molar-refractivity contribution < 1.29 is 35.9 Å². The Hall–Kier alpha value is -2.84. The molecule has 0 spiro atoms. The molecule has 30 heavy (non-hydrogen) atoms. The number of carbonyl (C=O) groups excluding carboxylic acids is 2. The third-order valence-electron chi connectivity index (χ3n) is 4.93. The molecule has 1 aliphatic carbocycles. The Kier molecular flexibility index (Phi) is 5.92. The maximum atomic E-state index is 13.1. The molecule has 160 valence electrons. The molecule has 3 nitrogen and oxygen atoms in total. The second-order valence-corrected chi connectivity index (χ2v) is 7.19. The smallest absolute Gasteiger partial charge is 0.352 e. The number of ketones is 1. The van der Waals surface area contributed by atoms with E-state index in [-0.39, 0.29) is 41.8 Å². The van der Waals surface area contributed by atoms with E-state index in [2.05, 4.69) is 5.32 Å². The van der Waals surface area contributed by atoms with Crippen molar-refractivity contribution >= 4 is 11.7 Å². The molecule has 2 aromatic carbocycles. The van der Waals surface area contributed by atoms with E-state index in [1.165, 1.54) is 18.2 Å². The molecular weight excluding hydrogens is 412 g/mol. The van der Waals surface area contributed by atoms with Crippen LogP contribution in [0.3, 0.4) is 0 Å². The highest BCUT2D eigenvalue weighted by Crippen LogP contribution is 2.38. The normalized spacial score (nSPS) is 17.3. The molecule has 1 fully saturated rings. The van der Waals surface area contributed by atoms with Crippen LogP contribution in [0.2, 0.25) is 0 Å². The van der Waals surface area contributed by atoms with E-state index in [0.29, 0.717) is 30.5 Å². The zero-order valence-corrected chi connectivity index (χ0v) is 15.5. The van der Waals surface area contributed by atoms with Gasteiger partial charge in [-0.05, 0) is 47.4 Å². The van der Waals surface area contributed by atoms with E-state index in [9.17, 15) is 35.9 Å². The first-order chi connectivity index (χ1) is 13.9. The summed E-state index contributed by atoms with van der Waals surface area (Å²) in [7, 11) is 0. The molecule has 1 amide bonds. The lowest BCUT2D eigenvalue weighted by Gasteiger charge is -2.15. The fourth-order valence-electron chi connectivity index (χ4n) is 3.35. The molecule has 0 heterocycles. The second kappa shape index (κ2) is 8.12. The highest BCUT2D eigenvalue weighted by molar-refractivity contribution is 5.90. The maximum Gasteiger partial charge on any atom is 0.416 e. The van der Waals surface area contributed by atoms with Gasteiger partial charge in [-0.25, -0.2) is 0 Å². The van der Waals surface area contributed by atoms with Crippen molar-refractivity contribution in [3.05, 3.63) is 59.2 Å². The number of halogens is 6.